The van der Waals surface area contributed by atoms with Crippen LogP contribution in [0.3, 0.4) is 0 Å². The van der Waals surface area contributed by atoms with Gasteiger partial charge in [0.2, 0.25) is 11.8 Å². The van der Waals surface area contributed by atoms with Crippen molar-refractivity contribution in [1.29, 1.82) is 0 Å². The first-order chi connectivity index (χ1) is 10.0. The minimum atomic E-state index is -0.552. The van der Waals surface area contributed by atoms with E-state index in [1.54, 1.807) is 24.3 Å². The molecule has 0 aliphatic heterocycles. The number of nitro benzene ring substituents is 1. The average Bonchev–Trinajstić information content (AvgIpc) is 2.90. The molecule has 1 amide bonds. The second-order valence-electron chi connectivity index (χ2n) is 4.37. The fourth-order valence-corrected chi connectivity index (χ4v) is 1.96. The first-order valence-electron chi connectivity index (χ1n) is 6.00. The number of fused-ring (bicyclic) bond motifs is 1. The van der Waals surface area contributed by atoms with Crippen LogP contribution >= 0.6 is 0 Å². The largest absolute Gasteiger partial charge is 0.436 e. The molecular formula is C14H9N3O4. The summed E-state index contributed by atoms with van der Waals surface area (Å²) >= 11 is 0. The van der Waals surface area contributed by atoms with Crippen molar-refractivity contribution in [1.82, 2.24) is 4.98 Å². The molecule has 2 aromatic carbocycles. The van der Waals surface area contributed by atoms with E-state index >= 15 is 0 Å². The van der Waals surface area contributed by atoms with Crippen LogP contribution in [-0.2, 0) is 0 Å². The maximum atomic E-state index is 11.2. The van der Waals surface area contributed by atoms with Crippen molar-refractivity contribution in [3.8, 4) is 11.5 Å². The fraction of sp³-hybridized carbons (Fsp3) is 0. The number of nitrogens with zero attached hydrogens (tertiary/aromatic N) is 2. The summed E-state index contributed by atoms with van der Waals surface area (Å²) in [7, 11) is 0. The van der Waals surface area contributed by atoms with Crippen molar-refractivity contribution in [3.05, 3.63) is 58.1 Å². The number of aromatic nitrogens is 1. The Bertz CT molecular complexity index is 870. The van der Waals surface area contributed by atoms with Crippen molar-refractivity contribution in [2.75, 3.05) is 0 Å². The number of primary amides is 1. The third-order valence-corrected chi connectivity index (χ3v) is 2.98. The van der Waals surface area contributed by atoms with E-state index in [1.165, 1.54) is 18.2 Å². The minimum Gasteiger partial charge on any atom is -0.436 e. The van der Waals surface area contributed by atoms with Gasteiger partial charge in [0.05, 0.1) is 11.0 Å². The maximum absolute atomic E-state index is 11.2. The Morgan fingerprint density at radius 3 is 2.76 bits per heavy atom. The molecule has 1 heterocycles. The average molecular weight is 283 g/mol. The van der Waals surface area contributed by atoms with E-state index in [0.29, 0.717) is 22.2 Å². The lowest BCUT2D eigenvalue weighted by atomic mass is 10.1. The lowest BCUT2D eigenvalue weighted by Gasteiger charge is -1.98. The van der Waals surface area contributed by atoms with Crippen LogP contribution in [0.2, 0.25) is 0 Å². The molecule has 1 aromatic heterocycles. The normalized spacial score (nSPS) is 10.7. The molecule has 0 atom stereocenters. The number of carbonyl (C=O) groups is 1. The Labute approximate surface area is 118 Å². The van der Waals surface area contributed by atoms with Gasteiger partial charge in [-0.05, 0) is 24.3 Å². The Kier molecular flexibility index (Phi) is 2.87. The van der Waals surface area contributed by atoms with E-state index in [9.17, 15) is 14.9 Å². The molecule has 0 saturated carbocycles. The molecule has 3 aromatic rings. The second-order valence-corrected chi connectivity index (χ2v) is 4.37. The van der Waals surface area contributed by atoms with Crippen molar-refractivity contribution >= 4 is 22.7 Å². The quantitative estimate of drug-likeness (QED) is 0.586. The van der Waals surface area contributed by atoms with Crippen LogP contribution in [0.25, 0.3) is 22.6 Å². The number of benzene rings is 2. The van der Waals surface area contributed by atoms with Gasteiger partial charge in [-0.2, -0.15) is 0 Å². The van der Waals surface area contributed by atoms with Gasteiger partial charge < -0.3 is 10.2 Å². The lowest BCUT2D eigenvalue weighted by Crippen LogP contribution is -2.10. The summed E-state index contributed by atoms with van der Waals surface area (Å²) in [6, 6.07) is 10.7. The number of hydrogen-bond donors (Lipinski definition) is 1. The summed E-state index contributed by atoms with van der Waals surface area (Å²) in [5.74, 6) is -0.280. The summed E-state index contributed by atoms with van der Waals surface area (Å²) in [6.45, 7) is 0. The van der Waals surface area contributed by atoms with Gasteiger partial charge in [0, 0.05) is 17.2 Å². The third kappa shape index (κ3) is 2.32. The number of rotatable bonds is 3. The summed E-state index contributed by atoms with van der Waals surface area (Å²) in [5.41, 5.74) is 6.87. The van der Waals surface area contributed by atoms with Crippen LogP contribution in [0.1, 0.15) is 10.4 Å². The highest BCUT2D eigenvalue weighted by molar-refractivity contribution is 5.94. The molecule has 0 saturated heterocycles. The van der Waals surface area contributed by atoms with Crippen LogP contribution < -0.4 is 5.73 Å². The highest BCUT2D eigenvalue weighted by Crippen LogP contribution is 2.27. The molecule has 104 valence electrons. The zero-order valence-electron chi connectivity index (χ0n) is 10.6. The van der Waals surface area contributed by atoms with Crippen LogP contribution in [0.4, 0.5) is 5.69 Å². The number of non-ortho nitro benzene ring substituents is 1. The number of nitrogens with two attached hydrogens (primary N) is 1. The van der Waals surface area contributed by atoms with Gasteiger partial charge in [-0.25, -0.2) is 4.98 Å². The molecule has 0 bridgehead atoms. The van der Waals surface area contributed by atoms with E-state index in [4.69, 9.17) is 10.2 Å². The zero-order valence-corrected chi connectivity index (χ0v) is 10.6. The van der Waals surface area contributed by atoms with Crippen LogP contribution in [0.5, 0.6) is 0 Å². The smallest absolute Gasteiger partial charge is 0.273 e. The van der Waals surface area contributed by atoms with Crippen molar-refractivity contribution in [2.45, 2.75) is 0 Å². The number of amides is 1. The first-order valence-corrected chi connectivity index (χ1v) is 6.00. The maximum Gasteiger partial charge on any atom is 0.273 e. The molecule has 0 radical (unpaired) electrons. The Hall–Kier alpha value is -3.22. The molecule has 7 heteroatoms. The molecule has 7 nitrogen and oxygen atoms in total. The summed E-state index contributed by atoms with van der Waals surface area (Å²) in [6.07, 6.45) is 0. The molecule has 2 N–H and O–H groups in total. The number of oxazole rings is 1. The molecule has 0 aliphatic carbocycles. The lowest BCUT2D eigenvalue weighted by molar-refractivity contribution is -0.384. The predicted octanol–water partition coefficient (Wildman–Crippen LogP) is 2.50. The van der Waals surface area contributed by atoms with Gasteiger partial charge in [-0.3, -0.25) is 14.9 Å². The van der Waals surface area contributed by atoms with Gasteiger partial charge >= 0.3 is 0 Å². The molecule has 3 rings (SSSR count). The standard InChI is InChI=1S/C14H9N3O4/c15-13(18)8-2-1-3-9(6-8)14-16-11-5-4-10(17(19)20)7-12(11)21-14/h1-7H,(H2,15,18). The van der Waals surface area contributed by atoms with E-state index in [1.807, 2.05) is 0 Å². The third-order valence-electron chi connectivity index (χ3n) is 2.98. The minimum absolute atomic E-state index is 0.0731. The monoisotopic (exact) mass is 283 g/mol. The second kappa shape index (κ2) is 4.71. The van der Waals surface area contributed by atoms with E-state index in [-0.39, 0.29) is 11.6 Å². The number of hydrogen-bond acceptors (Lipinski definition) is 5. The molecule has 0 spiro atoms. The van der Waals surface area contributed by atoms with Gasteiger partial charge in [0.1, 0.15) is 5.52 Å². The van der Waals surface area contributed by atoms with Crippen molar-refractivity contribution < 1.29 is 14.1 Å². The van der Waals surface area contributed by atoms with E-state index in [0.717, 1.165) is 0 Å². The Balaban J connectivity index is 2.10. The van der Waals surface area contributed by atoms with Crippen LogP contribution in [0, 0.1) is 10.1 Å². The summed E-state index contributed by atoms with van der Waals surface area (Å²) in [5, 5.41) is 10.7. The van der Waals surface area contributed by atoms with Gasteiger partial charge in [-0.1, -0.05) is 6.07 Å². The molecular weight excluding hydrogens is 274 g/mol. The highest BCUT2D eigenvalue weighted by atomic mass is 16.6. The first kappa shape index (κ1) is 12.8. The van der Waals surface area contributed by atoms with Gasteiger partial charge in [-0.15, -0.1) is 0 Å². The van der Waals surface area contributed by atoms with Crippen LogP contribution in [-0.4, -0.2) is 15.8 Å². The zero-order chi connectivity index (χ0) is 15.0. The molecule has 0 aliphatic rings. The topological polar surface area (TPSA) is 112 Å². The number of carbonyl (C=O) groups excluding carboxylic acids is 1. The van der Waals surface area contributed by atoms with Crippen molar-refractivity contribution in [2.24, 2.45) is 5.73 Å². The fourth-order valence-electron chi connectivity index (χ4n) is 1.96. The van der Waals surface area contributed by atoms with E-state index in [2.05, 4.69) is 4.98 Å². The Morgan fingerprint density at radius 1 is 1.24 bits per heavy atom. The SMILES string of the molecule is NC(=O)c1cccc(-c2nc3ccc([N+](=O)[O-])cc3o2)c1. The van der Waals surface area contributed by atoms with Gasteiger partial charge in [0.25, 0.3) is 5.69 Å². The molecule has 0 unspecified atom stereocenters. The van der Waals surface area contributed by atoms with Crippen LogP contribution in [0.15, 0.2) is 46.9 Å². The highest BCUT2D eigenvalue weighted by Gasteiger charge is 2.13. The Morgan fingerprint density at radius 2 is 2.05 bits per heavy atom. The predicted molar refractivity (Wildman–Crippen MR) is 74.6 cm³/mol. The molecule has 21 heavy (non-hydrogen) atoms. The van der Waals surface area contributed by atoms with Crippen molar-refractivity contribution in [3.63, 3.8) is 0 Å². The van der Waals surface area contributed by atoms with Gasteiger partial charge in [0.15, 0.2) is 5.58 Å². The number of nitro groups is 1. The summed E-state index contributed by atoms with van der Waals surface area (Å²) in [4.78, 5) is 25.6. The van der Waals surface area contributed by atoms with E-state index < -0.39 is 10.8 Å². The summed E-state index contributed by atoms with van der Waals surface area (Å²) < 4.78 is 5.51. The molecule has 0 fully saturated rings.